The molecule has 2 aliphatic rings. The lowest BCUT2D eigenvalue weighted by atomic mass is 9.79. The van der Waals surface area contributed by atoms with Crippen LogP contribution in [0.5, 0.6) is 0 Å². The van der Waals surface area contributed by atoms with Gasteiger partial charge in [0.1, 0.15) is 6.61 Å². The van der Waals surface area contributed by atoms with Gasteiger partial charge in [0.25, 0.3) is 0 Å². The summed E-state index contributed by atoms with van der Waals surface area (Å²) >= 11 is 0. The second-order valence-corrected chi connectivity index (χ2v) is 6.19. The normalized spacial score (nSPS) is 23.0. The number of nitrogens with two attached hydrogens (primary N) is 1. The Bertz CT molecular complexity index is 538. The summed E-state index contributed by atoms with van der Waals surface area (Å²) in [6, 6.07) is 8.11. The van der Waals surface area contributed by atoms with Crippen LogP contribution >= 0.6 is 0 Å². The van der Waals surface area contributed by atoms with E-state index >= 15 is 0 Å². The average Bonchev–Trinajstić information content (AvgIpc) is 2.53. The number of carbonyl (C=O) groups excluding carboxylic acids is 1. The van der Waals surface area contributed by atoms with Crippen LogP contribution in [0.15, 0.2) is 24.3 Å². The van der Waals surface area contributed by atoms with Crippen molar-refractivity contribution in [1.29, 1.82) is 0 Å². The van der Waals surface area contributed by atoms with Gasteiger partial charge in [-0.1, -0.05) is 24.3 Å². The number of primary amides is 1. The van der Waals surface area contributed by atoms with Gasteiger partial charge in [0.05, 0.1) is 25.2 Å². The molecule has 3 rings (SSSR count). The summed E-state index contributed by atoms with van der Waals surface area (Å²) < 4.78 is 21.8. The Morgan fingerprint density at radius 1 is 1.35 bits per heavy atom. The number of hydrogen-bond acceptors (Lipinski definition) is 5. The zero-order valence-electron chi connectivity index (χ0n) is 13.2. The fourth-order valence-electron chi connectivity index (χ4n) is 2.91. The summed E-state index contributed by atoms with van der Waals surface area (Å²) in [5, 5.41) is 0. The molecular weight excluding hydrogens is 298 g/mol. The largest absolute Gasteiger partial charge is 0.449 e. The molecule has 23 heavy (non-hydrogen) atoms. The zero-order chi connectivity index (χ0) is 16.1. The molecule has 2 fully saturated rings. The predicted octanol–water partition coefficient (Wildman–Crippen LogP) is 2.09. The van der Waals surface area contributed by atoms with Crippen LogP contribution in [0.3, 0.4) is 0 Å². The third-order valence-electron chi connectivity index (χ3n) is 4.36. The first-order chi connectivity index (χ1) is 11.2. The maximum absolute atomic E-state index is 10.9. The van der Waals surface area contributed by atoms with Crippen molar-refractivity contribution in [3.63, 3.8) is 0 Å². The van der Waals surface area contributed by atoms with Crippen molar-refractivity contribution in [2.24, 2.45) is 5.73 Å². The van der Waals surface area contributed by atoms with Gasteiger partial charge in [-0.25, -0.2) is 4.79 Å². The summed E-state index contributed by atoms with van der Waals surface area (Å²) in [6.07, 6.45) is 2.34. The Morgan fingerprint density at radius 3 is 2.87 bits per heavy atom. The van der Waals surface area contributed by atoms with Crippen LogP contribution in [-0.2, 0) is 31.0 Å². The summed E-state index contributed by atoms with van der Waals surface area (Å²) in [5.41, 5.74) is 6.93. The monoisotopic (exact) mass is 321 g/mol. The van der Waals surface area contributed by atoms with Crippen molar-refractivity contribution in [3.8, 4) is 0 Å². The van der Waals surface area contributed by atoms with Crippen LogP contribution in [0.4, 0.5) is 4.79 Å². The molecule has 0 saturated carbocycles. The number of hydrogen-bond donors (Lipinski definition) is 1. The molecule has 1 aromatic rings. The van der Waals surface area contributed by atoms with Gasteiger partial charge in [-0.15, -0.1) is 0 Å². The molecule has 1 amide bonds. The first-order valence-electron chi connectivity index (χ1n) is 8.01. The third-order valence-corrected chi connectivity index (χ3v) is 4.36. The van der Waals surface area contributed by atoms with E-state index < -0.39 is 6.09 Å². The molecule has 6 nitrogen and oxygen atoms in total. The van der Waals surface area contributed by atoms with Crippen LogP contribution in [0.1, 0.15) is 30.4 Å². The molecule has 2 aliphatic heterocycles. The van der Waals surface area contributed by atoms with E-state index in [1.807, 2.05) is 18.2 Å². The van der Waals surface area contributed by atoms with Gasteiger partial charge in [0, 0.05) is 6.61 Å². The molecule has 1 atom stereocenters. The predicted molar refractivity (Wildman–Crippen MR) is 82.9 cm³/mol. The molecule has 6 heteroatoms. The lowest BCUT2D eigenvalue weighted by Gasteiger charge is -2.41. The van der Waals surface area contributed by atoms with E-state index in [-0.39, 0.29) is 18.3 Å². The topological polar surface area (TPSA) is 80.0 Å². The molecule has 0 spiro atoms. The molecule has 2 N–H and O–H groups in total. The molecular formula is C17H23NO5. The smallest absolute Gasteiger partial charge is 0.404 e. The molecule has 2 heterocycles. The van der Waals surface area contributed by atoms with Gasteiger partial charge in [-0.05, 0) is 30.4 Å². The molecule has 0 bridgehead atoms. The quantitative estimate of drug-likeness (QED) is 0.868. The summed E-state index contributed by atoms with van der Waals surface area (Å²) in [4.78, 5) is 10.9. The van der Waals surface area contributed by atoms with Gasteiger partial charge in [-0.3, -0.25) is 0 Å². The van der Waals surface area contributed by atoms with E-state index in [1.165, 1.54) is 0 Å². The molecule has 2 saturated heterocycles. The lowest BCUT2D eigenvalue weighted by Crippen LogP contribution is -2.51. The highest BCUT2D eigenvalue weighted by Crippen LogP contribution is 2.33. The van der Waals surface area contributed by atoms with Crippen molar-refractivity contribution >= 4 is 6.09 Å². The van der Waals surface area contributed by atoms with E-state index in [4.69, 9.17) is 24.7 Å². The number of ether oxygens (including phenoxy) is 4. The van der Waals surface area contributed by atoms with Crippen molar-refractivity contribution in [1.82, 2.24) is 0 Å². The molecule has 0 aromatic heterocycles. The SMILES string of the molecule is NC(=O)OCC1(c2cccc(COC3CCCCO3)c2)COC1. The minimum Gasteiger partial charge on any atom is -0.449 e. The van der Waals surface area contributed by atoms with Crippen LogP contribution in [0.25, 0.3) is 0 Å². The number of amides is 1. The van der Waals surface area contributed by atoms with Gasteiger partial charge < -0.3 is 24.7 Å². The molecule has 1 unspecified atom stereocenters. The van der Waals surface area contributed by atoms with Gasteiger partial charge in [-0.2, -0.15) is 0 Å². The van der Waals surface area contributed by atoms with Gasteiger partial charge >= 0.3 is 6.09 Å². The Hall–Kier alpha value is -1.63. The highest BCUT2D eigenvalue weighted by molar-refractivity contribution is 5.64. The maximum atomic E-state index is 10.9. The maximum Gasteiger partial charge on any atom is 0.404 e. The van der Waals surface area contributed by atoms with E-state index in [0.717, 1.165) is 37.0 Å². The van der Waals surface area contributed by atoms with Crippen molar-refractivity contribution in [3.05, 3.63) is 35.4 Å². The second-order valence-electron chi connectivity index (χ2n) is 6.19. The van der Waals surface area contributed by atoms with E-state index in [0.29, 0.717) is 19.8 Å². The highest BCUT2D eigenvalue weighted by Gasteiger charge is 2.41. The standard InChI is InChI=1S/C17H23NO5/c18-16(19)23-12-17(10-20-11-17)14-5-3-4-13(8-14)9-22-15-6-1-2-7-21-15/h3-5,8,15H,1-2,6-7,9-12H2,(H2,18,19). The first kappa shape index (κ1) is 16.2. The molecule has 0 aliphatic carbocycles. The van der Waals surface area contributed by atoms with Gasteiger partial charge in [0.15, 0.2) is 6.29 Å². The molecule has 126 valence electrons. The van der Waals surface area contributed by atoms with Crippen LogP contribution in [-0.4, -0.2) is 38.8 Å². The third kappa shape index (κ3) is 4.02. The fraction of sp³-hybridized carbons (Fsp3) is 0.588. The van der Waals surface area contributed by atoms with Crippen LogP contribution < -0.4 is 5.73 Å². The summed E-state index contributed by atoms with van der Waals surface area (Å²) in [7, 11) is 0. The van der Waals surface area contributed by atoms with Crippen LogP contribution in [0.2, 0.25) is 0 Å². The minimum atomic E-state index is -0.759. The number of benzene rings is 1. The lowest BCUT2D eigenvalue weighted by molar-refractivity contribution is -0.168. The zero-order valence-corrected chi connectivity index (χ0v) is 13.2. The molecule has 1 aromatic carbocycles. The van der Waals surface area contributed by atoms with E-state index in [2.05, 4.69) is 6.07 Å². The van der Waals surface area contributed by atoms with Crippen molar-refractivity contribution < 1.29 is 23.7 Å². The first-order valence-corrected chi connectivity index (χ1v) is 8.01. The fourth-order valence-corrected chi connectivity index (χ4v) is 2.91. The Labute approximate surface area is 135 Å². The molecule has 0 radical (unpaired) electrons. The second kappa shape index (κ2) is 7.29. The van der Waals surface area contributed by atoms with Crippen molar-refractivity contribution in [2.45, 2.75) is 37.6 Å². The Balaban J connectivity index is 1.62. The number of rotatable bonds is 6. The Kier molecular flexibility index (Phi) is 5.15. The Morgan fingerprint density at radius 2 is 2.22 bits per heavy atom. The minimum absolute atomic E-state index is 0.105. The van der Waals surface area contributed by atoms with Crippen molar-refractivity contribution in [2.75, 3.05) is 26.4 Å². The average molecular weight is 321 g/mol. The van der Waals surface area contributed by atoms with Gasteiger partial charge in [0.2, 0.25) is 0 Å². The van der Waals surface area contributed by atoms with Crippen LogP contribution in [0, 0.1) is 0 Å². The van der Waals surface area contributed by atoms with E-state index in [1.54, 1.807) is 0 Å². The number of carbonyl (C=O) groups is 1. The van der Waals surface area contributed by atoms with E-state index in [9.17, 15) is 4.79 Å². The highest BCUT2D eigenvalue weighted by atomic mass is 16.7. The summed E-state index contributed by atoms with van der Waals surface area (Å²) in [6.45, 7) is 2.56. The summed E-state index contributed by atoms with van der Waals surface area (Å²) in [5.74, 6) is 0.